The molecule has 1 aromatic rings. The SMILES string of the molecule is CC(C)(C)OC(=O)N[C@H]1CCCN(C(=O)CCc2cccc(N)c2)C1. The standard InChI is InChI=1S/C19H29N3O3/c1-19(2,3)25-18(24)21-16-8-5-11-22(13-16)17(23)10-9-14-6-4-7-15(20)12-14/h4,6-7,12,16H,5,8-11,13,20H2,1-3H3,(H,21,24)/t16-/m0/s1. The Labute approximate surface area is 149 Å². The second kappa shape index (κ2) is 8.23. The lowest BCUT2D eigenvalue weighted by molar-refractivity contribution is -0.132. The van der Waals surface area contributed by atoms with Crippen LogP contribution in [0.15, 0.2) is 24.3 Å². The average Bonchev–Trinajstić information content (AvgIpc) is 2.51. The fourth-order valence-electron chi connectivity index (χ4n) is 2.95. The summed E-state index contributed by atoms with van der Waals surface area (Å²) in [6, 6.07) is 7.56. The Kier molecular flexibility index (Phi) is 6.28. The van der Waals surface area contributed by atoms with E-state index < -0.39 is 11.7 Å². The predicted octanol–water partition coefficient (Wildman–Crippen LogP) is 2.72. The van der Waals surface area contributed by atoms with Crippen molar-refractivity contribution in [2.24, 2.45) is 0 Å². The third-order valence-electron chi connectivity index (χ3n) is 4.07. The van der Waals surface area contributed by atoms with Crippen molar-refractivity contribution in [3.05, 3.63) is 29.8 Å². The van der Waals surface area contributed by atoms with E-state index in [4.69, 9.17) is 10.5 Å². The van der Waals surface area contributed by atoms with E-state index in [0.717, 1.165) is 24.9 Å². The summed E-state index contributed by atoms with van der Waals surface area (Å²) in [5, 5.41) is 2.87. The van der Waals surface area contributed by atoms with Gasteiger partial charge in [0.05, 0.1) is 0 Å². The molecule has 0 unspecified atom stereocenters. The zero-order chi connectivity index (χ0) is 18.4. The smallest absolute Gasteiger partial charge is 0.407 e. The highest BCUT2D eigenvalue weighted by atomic mass is 16.6. The number of nitrogens with two attached hydrogens (primary N) is 1. The highest BCUT2D eigenvalue weighted by Gasteiger charge is 2.26. The number of carbonyl (C=O) groups excluding carboxylic acids is 2. The average molecular weight is 347 g/mol. The van der Waals surface area contributed by atoms with Crippen LogP contribution in [0, 0.1) is 0 Å². The molecule has 0 aliphatic carbocycles. The molecular formula is C19H29N3O3. The molecule has 138 valence electrons. The molecule has 0 aromatic heterocycles. The molecule has 0 spiro atoms. The molecule has 2 rings (SSSR count). The largest absolute Gasteiger partial charge is 0.444 e. The van der Waals surface area contributed by atoms with Crippen LogP contribution in [0.4, 0.5) is 10.5 Å². The number of ether oxygens (including phenoxy) is 1. The zero-order valence-electron chi connectivity index (χ0n) is 15.4. The first-order valence-corrected chi connectivity index (χ1v) is 8.84. The van der Waals surface area contributed by atoms with E-state index in [1.807, 2.05) is 49.9 Å². The Hall–Kier alpha value is -2.24. The summed E-state index contributed by atoms with van der Waals surface area (Å²) in [5.41, 5.74) is 7.02. The van der Waals surface area contributed by atoms with Gasteiger partial charge in [0.2, 0.25) is 5.91 Å². The first-order valence-electron chi connectivity index (χ1n) is 8.84. The van der Waals surface area contributed by atoms with E-state index in [1.165, 1.54) is 0 Å². The lowest BCUT2D eigenvalue weighted by Crippen LogP contribution is -2.50. The van der Waals surface area contributed by atoms with Crippen LogP contribution in [0.2, 0.25) is 0 Å². The summed E-state index contributed by atoms with van der Waals surface area (Å²) in [6.07, 6.45) is 2.43. The number of carbonyl (C=O) groups is 2. The van der Waals surface area contributed by atoms with Crippen molar-refractivity contribution in [3.63, 3.8) is 0 Å². The minimum absolute atomic E-state index is 0.0556. The molecule has 1 atom stereocenters. The number of nitrogen functional groups attached to an aromatic ring is 1. The van der Waals surface area contributed by atoms with E-state index >= 15 is 0 Å². The van der Waals surface area contributed by atoms with Gasteiger partial charge in [-0.15, -0.1) is 0 Å². The van der Waals surface area contributed by atoms with Crippen LogP contribution in [-0.4, -0.2) is 41.6 Å². The molecule has 0 radical (unpaired) electrons. The van der Waals surface area contributed by atoms with Crippen molar-refractivity contribution in [1.29, 1.82) is 0 Å². The molecule has 1 aliphatic rings. The Balaban J connectivity index is 1.81. The number of aryl methyl sites for hydroxylation is 1. The summed E-state index contributed by atoms with van der Waals surface area (Å²) in [4.78, 5) is 26.2. The van der Waals surface area contributed by atoms with Crippen molar-refractivity contribution in [1.82, 2.24) is 10.2 Å². The normalized spacial score (nSPS) is 17.9. The van der Waals surface area contributed by atoms with Gasteiger partial charge in [-0.1, -0.05) is 12.1 Å². The quantitative estimate of drug-likeness (QED) is 0.820. The number of benzene rings is 1. The van der Waals surface area contributed by atoms with Crippen LogP contribution in [-0.2, 0) is 16.0 Å². The van der Waals surface area contributed by atoms with Crippen molar-refractivity contribution < 1.29 is 14.3 Å². The number of alkyl carbamates (subject to hydrolysis) is 1. The summed E-state index contributed by atoms with van der Waals surface area (Å²) in [7, 11) is 0. The van der Waals surface area contributed by atoms with E-state index in [1.54, 1.807) is 0 Å². The lowest BCUT2D eigenvalue weighted by atomic mass is 10.0. The minimum Gasteiger partial charge on any atom is -0.444 e. The Morgan fingerprint density at radius 2 is 2.12 bits per heavy atom. The predicted molar refractivity (Wildman–Crippen MR) is 98.1 cm³/mol. The number of likely N-dealkylation sites (tertiary alicyclic amines) is 1. The molecule has 25 heavy (non-hydrogen) atoms. The minimum atomic E-state index is -0.522. The highest BCUT2D eigenvalue weighted by Crippen LogP contribution is 2.15. The Morgan fingerprint density at radius 3 is 2.80 bits per heavy atom. The topological polar surface area (TPSA) is 84.7 Å². The van der Waals surface area contributed by atoms with Crippen LogP contribution in [0.25, 0.3) is 0 Å². The highest BCUT2D eigenvalue weighted by molar-refractivity contribution is 5.77. The van der Waals surface area contributed by atoms with E-state index in [9.17, 15) is 9.59 Å². The van der Waals surface area contributed by atoms with Gasteiger partial charge in [0.15, 0.2) is 0 Å². The number of nitrogens with zero attached hydrogens (tertiary/aromatic N) is 1. The Morgan fingerprint density at radius 1 is 1.36 bits per heavy atom. The van der Waals surface area contributed by atoms with Crippen molar-refractivity contribution >= 4 is 17.7 Å². The second-order valence-electron chi connectivity index (χ2n) is 7.57. The lowest BCUT2D eigenvalue weighted by Gasteiger charge is -2.33. The maximum atomic E-state index is 12.5. The summed E-state index contributed by atoms with van der Waals surface area (Å²) in [6.45, 7) is 6.77. The molecule has 2 amide bonds. The van der Waals surface area contributed by atoms with Crippen LogP contribution in [0.3, 0.4) is 0 Å². The molecule has 0 saturated carbocycles. The van der Waals surface area contributed by atoms with Crippen LogP contribution < -0.4 is 11.1 Å². The van der Waals surface area contributed by atoms with Gasteiger partial charge in [0.1, 0.15) is 5.60 Å². The van der Waals surface area contributed by atoms with Gasteiger partial charge in [0, 0.05) is 31.2 Å². The molecule has 3 N–H and O–H groups in total. The second-order valence-corrected chi connectivity index (χ2v) is 7.57. The number of rotatable bonds is 4. The first kappa shape index (κ1) is 19.1. The van der Waals surface area contributed by atoms with Crippen LogP contribution in [0.5, 0.6) is 0 Å². The molecule has 1 saturated heterocycles. The summed E-state index contributed by atoms with van der Waals surface area (Å²) >= 11 is 0. The number of amides is 2. The molecule has 6 heteroatoms. The number of nitrogens with one attached hydrogen (secondary N) is 1. The fourth-order valence-corrected chi connectivity index (χ4v) is 2.95. The number of hydrogen-bond donors (Lipinski definition) is 2. The first-order chi connectivity index (χ1) is 11.7. The van der Waals surface area contributed by atoms with E-state index in [2.05, 4.69) is 5.32 Å². The molecule has 1 aromatic carbocycles. The van der Waals surface area contributed by atoms with Crippen LogP contribution in [0.1, 0.15) is 45.6 Å². The number of anilines is 1. The van der Waals surface area contributed by atoms with Crippen molar-refractivity contribution in [3.8, 4) is 0 Å². The van der Waals surface area contributed by atoms with E-state index in [0.29, 0.717) is 25.1 Å². The van der Waals surface area contributed by atoms with Crippen molar-refractivity contribution in [2.45, 2.75) is 58.1 Å². The monoisotopic (exact) mass is 347 g/mol. The third kappa shape index (κ3) is 6.64. The summed E-state index contributed by atoms with van der Waals surface area (Å²) in [5.74, 6) is 0.109. The molecular weight excluding hydrogens is 318 g/mol. The molecule has 6 nitrogen and oxygen atoms in total. The maximum Gasteiger partial charge on any atom is 0.407 e. The van der Waals surface area contributed by atoms with Crippen molar-refractivity contribution in [2.75, 3.05) is 18.8 Å². The number of hydrogen-bond acceptors (Lipinski definition) is 4. The zero-order valence-corrected chi connectivity index (χ0v) is 15.4. The van der Waals surface area contributed by atoms with Gasteiger partial charge in [-0.2, -0.15) is 0 Å². The molecule has 1 heterocycles. The van der Waals surface area contributed by atoms with Gasteiger partial charge in [-0.3, -0.25) is 4.79 Å². The molecule has 0 bridgehead atoms. The molecule has 1 fully saturated rings. The van der Waals surface area contributed by atoms with Crippen LogP contribution >= 0.6 is 0 Å². The van der Waals surface area contributed by atoms with Gasteiger partial charge in [0.25, 0.3) is 0 Å². The van der Waals surface area contributed by atoms with Gasteiger partial charge < -0.3 is 20.7 Å². The maximum absolute atomic E-state index is 12.5. The Bertz CT molecular complexity index is 610. The summed E-state index contributed by atoms with van der Waals surface area (Å²) < 4.78 is 5.29. The van der Waals surface area contributed by atoms with Gasteiger partial charge in [-0.25, -0.2) is 4.79 Å². The fraction of sp³-hybridized carbons (Fsp3) is 0.579. The van der Waals surface area contributed by atoms with E-state index in [-0.39, 0.29) is 11.9 Å². The molecule has 1 aliphatic heterocycles. The van der Waals surface area contributed by atoms with Gasteiger partial charge in [-0.05, 0) is 57.7 Å². The van der Waals surface area contributed by atoms with Gasteiger partial charge >= 0.3 is 6.09 Å². The number of piperidine rings is 1. The third-order valence-corrected chi connectivity index (χ3v) is 4.07.